The lowest BCUT2D eigenvalue weighted by molar-refractivity contribution is -0.142. The molecule has 0 aromatic heterocycles. The first-order valence-corrected chi connectivity index (χ1v) is 15.6. The minimum Gasteiger partial charge on any atom is -0.469 e. The van der Waals surface area contributed by atoms with Gasteiger partial charge in [-0.15, -0.1) is 0 Å². The van der Waals surface area contributed by atoms with Gasteiger partial charge in [-0.05, 0) is 0 Å². The summed E-state index contributed by atoms with van der Waals surface area (Å²) < 4.78 is 64.0. The minimum absolute atomic E-state index is 0.236. The average molecular weight is 668 g/mol. The molecule has 0 spiro atoms. The van der Waals surface area contributed by atoms with Crippen LogP contribution >= 0.6 is 0 Å². The lowest BCUT2D eigenvalue weighted by Crippen LogP contribution is -2.33. The summed E-state index contributed by atoms with van der Waals surface area (Å²) in [5, 5.41) is 0. The molecular weight excluding hydrogens is 614 g/mol. The van der Waals surface area contributed by atoms with Crippen molar-refractivity contribution in [2.24, 2.45) is 0 Å². The topological polar surface area (TPSA) is 165 Å². The maximum atomic E-state index is 11.4. The molecular formula is C30H53NO15. The number of nitrogens with zero attached hydrogens (tertiary/aromatic N) is 1. The summed E-state index contributed by atoms with van der Waals surface area (Å²) in [6, 6.07) is 0. The van der Waals surface area contributed by atoms with E-state index in [2.05, 4.69) is 4.74 Å². The van der Waals surface area contributed by atoms with E-state index >= 15 is 0 Å². The molecule has 268 valence electrons. The first kappa shape index (κ1) is 41.9. The van der Waals surface area contributed by atoms with Crippen molar-refractivity contribution in [1.82, 2.24) is 4.90 Å². The van der Waals surface area contributed by atoms with Crippen LogP contribution in [0.15, 0.2) is 12.2 Å². The Bertz CT molecular complexity index is 753. The highest BCUT2D eigenvalue weighted by Crippen LogP contribution is 2.02. The molecule has 0 radical (unpaired) electrons. The maximum Gasteiger partial charge on any atom is 0.307 e. The van der Waals surface area contributed by atoms with E-state index in [9.17, 15) is 14.4 Å². The van der Waals surface area contributed by atoms with Crippen molar-refractivity contribution in [1.29, 1.82) is 0 Å². The predicted molar refractivity (Wildman–Crippen MR) is 162 cm³/mol. The van der Waals surface area contributed by atoms with Gasteiger partial charge < -0.3 is 56.8 Å². The average Bonchev–Trinajstić information content (AvgIpc) is 3.38. The summed E-state index contributed by atoms with van der Waals surface area (Å²) in [5.74, 6) is -0.911. The number of methoxy groups -OCH3 is 1. The van der Waals surface area contributed by atoms with Crippen LogP contribution in [0.5, 0.6) is 0 Å². The summed E-state index contributed by atoms with van der Waals surface area (Å²) in [4.78, 5) is 34.8. The normalized spacial score (nSPS) is 12.9. The minimum atomic E-state index is -0.310. The summed E-state index contributed by atoms with van der Waals surface area (Å²) in [7, 11) is 1.35. The Kier molecular flexibility index (Phi) is 29.9. The summed E-state index contributed by atoms with van der Waals surface area (Å²) in [5.41, 5.74) is 0. The largest absolute Gasteiger partial charge is 0.469 e. The lowest BCUT2D eigenvalue weighted by atomic mass is 10.5. The van der Waals surface area contributed by atoms with E-state index in [4.69, 9.17) is 52.1 Å². The molecule has 0 fully saturated rings. The molecule has 1 rings (SSSR count). The van der Waals surface area contributed by atoms with E-state index in [1.807, 2.05) is 0 Å². The van der Waals surface area contributed by atoms with Gasteiger partial charge in [0.1, 0.15) is 0 Å². The fourth-order valence-electron chi connectivity index (χ4n) is 3.37. The van der Waals surface area contributed by atoms with Crippen LogP contribution in [-0.2, 0) is 71.2 Å². The van der Waals surface area contributed by atoms with Crippen LogP contribution in [0.1, 0.15) is 6.42 Å². The molecule has 16 nitrogen and oxygen atoms in total. The van der Waals surface area contributed by atoms with Gasteiger partial charge >= 0.3 is 5.97 Å². The van der Waals surface area contributed by atoms with Gasteiger partial charge in [-0.3, -0.25) is 19.3 Å². The Labute approximate surface area is 271 Å². The second kappa shape index (κ2) is 32.8. The van der Waals surface area contributed by atoms with Crippen LogP contribution in [-0.4, -0.2) is 182 Å². The number of carbonyl (C=O) groups is 3. The molecule has 0 unspecified atom stereocenters. The first-order chi connectivity index (χ1) is 22.6. The Balaban J connectivity index is 1.63. The molecule has 2 amide bonds. The Morgan fingerprint density at radius 3 is 0.935 bits per heavy atom. The molecule has 1 aliphatic rings. The summed E-state index contributed by atoms with van der Waals surface area (Å²) in [6.45, 7) is 10.0. The van der Waals surface area contributed by atoms with Crippen LogP contribution < -0.4 is 0 Å². The summed E-state index contributed by atoms with van der Waals surface area (Å²) in [6.07, 6.45) is 2.74. The van der Waals surface area contributed by atoms with Gasteiger partial charge in [0.15, 0.2) is 0 Å². The molecule has 1 heterocycles. The standard InChI is InChI=1S/C30H53NO15/c1-35-30(34)4-6-36-8-10-38-12-14-40-16-18-42-20-22-44-24-26-46-27-25-45-23-21-43-19-17-41-15-13-39-11-9-37-7-5-31-28(32)2-3-29(31)33/h2-3H,4-27H2,1H3. The molecule has 0 atom stereocenters. The van der Waals surface area contributed by atoms with Gasteiger partial charge in [-0.25, -0.2) is 0 Å². The number of hydrogen-bond donors (Lipinski definition) is 0. The van der Waals surface area contributed by atoms with Crippen LogP contribution in [0.2, 0.25) is 0 Å². The monoisotopic (exact) mass is 667 g/mol. The second-order valence-corrected chi connectivity index (χ2v) is 9.22. The molecule has 1 aliphatic heterocycles. The number of hydrogen-bond acceptors (Lipinski definition) is 15. The van der Waals surface area contributed by atoms with Crippen molar-refractivity contribution in [2.45, 2.75) is 6.42 Å². The van der Waals surface area contributed by atoms with Crippen molar-refractivity contribution in [3.05, 3.63) is 12.2 Å². The molecule has 0 N–H and O–H groups in total. The third-order valence-electron chi connectivity index (χ3n) is 5.76. The zero-order chi connectivity index (χ0) is 33.2. The highest BCUT2D eigenvalue weighted by atomic mass is 16.6. The van der Waals surface area contributed by atoms with Crippen LogP contribution in [0.25, 0.3) is 0 Å². The second-order valence-electron chi connectivity index (χ2n) is 9.22. The zero-order valence-electron chi connectivity index (χ0n) is 27.2. The van der Waals surface area contributed by atoms with Gasteiger partial charge in [0.2, 0.25) is 0 Å². The summed E-state index contributed by atoms with van der Waals surface area (Å²) >= 11 is 0. The molecule has 16 heteroatoms. The van der Waals surface area contributed by atoms with Crippen LogP contribution in [0.3, 0.4) is 0 Å². The molecule has 0 aromatic rings. The first-order valence-electron chi connectivity index (χ1n) is 15.6. The molecule has 0 saturated carbocycles. The fourth-order valence-corrected chi connectivity index (χ4v) is 3.37. The molecule has 0 bridgehead atoms. The third kappa shape index (κ3) is 27.1. The van der Waals surface area contributed by atoms with Gasteiger partial charge in [-0.2, -0.15) is 0 Å². The van der Waals surface area contributed by atoms with Gasteiger partial charge in [0.05, 0.1) is 165 Å². The number of amides is 2. The van der Waals surface area contributed by atoms with E-state index in [1.54, 1.807) is 0 Å². The molecule has 0 saturated heterocycles. The SMILES string of the molecule is COC(=O)CCOCCOCCOCCOCCOCCOCCOCCOCCOCCOCCOCCN1C(=O)C=CC1=O. The van der Waals surface area contributed by atoms with Gasteiger partial charge in [0.25, 0.3) is 11.8 Å². The van der Waals surface area contributed by atoms with E-state index < -0.39 is 0 Å². The Hall–Kier alpha value is -2.09. The van der Waals surface area contributed by atoms with Gasteiger partial charge in [0, 0.05) is 12.2 Å². The highest BCUT2D eigenvalue weighted by molar-refractivity contribution is 6.12. The molecule has 0 aromatic carbocycles. The van der Waals surface area contributed by atoms with Crippen molar-refractivity contribution < 1.29 is 71.2 Å². The van der Waals surface area contributed by atoms with Crippen molar-refractivity contribution in [3.63, 3.8) is 0 Å². The number of imide groups is 1. The van der Waals surface area contributed by atoms with Crippen molar-refractivity contribution in [2.75, 3.05) is 159 Å². The Morgan fingerprint density at radius 2 is 0.674 bits per heavy atom. The predicted octanol–water partition coefficient (Wildman–Crippen LogP) is -0.343. The zero-order valence-corrected chi connectivity index (χ0v) is 27.2. The number of ether oxygens (including phenoxy) is 12. The van der Waals surface area contributed by atoms with E-state index in [-0.39, 0.29) is 37.4 Å². The smallest absolute Gasteiger partial charge is 0.307 e. The third-order valence-corrected chi connectivity index (χ3v) is 5.76. The fraction of sp³-hybridized carbons (Fsp3) is 0.833. The Morgan fingerprint density at radius 1 is 0.435 bits per heavy atom. The maximum absolute atomic E-state index is 11.4. The van der Waals surface area contributed by atoms with E-state index in [1.165, 1.54) is 19.3 Å². The number of esters is 1. The van der Waals surface area contributed by atoms with Gasteiger partial charge in [-0.1, -0.05) is 0 Å². The van der Waals surface area contributed by atoms with Crippen molar-refractivity contribution in [3.8, 4) is 0 Å². The quantitative estimate of drug-likeness (QED) is 0.0484. The van der Waals surface area contributed by atoms with Crippen LogP contribution in [0.4, 0.5) is 0 Å². The van der Waals surface area contributed by atoms with E-state index in [0.717, 1.165) is 4.90 Å². The molecule has 46 heavy (non-hydrogen) atoms. The highest BCUT2D eigenvalue weighted by Gasteiger charge is 2.22. The number of carbonyl (C=O) groups excluding carboxylic acids is 3. The lowest BCUT2D eigenvalue weighted by Gasteiger charge is -2.13. The van der Waals surface area contributed by atoms with E-state index in [0.29, 0.717) is 139 Å². The van der Waals surface area contributed by atoms with Crippen LogP contribution in [0, 0.1) is 0 Å². The van der Waals surface area contributed by atoms with Crippen molar-refractivity contribution >= 4 is 17.8 Å². The number of rotatable bonds is 36. The molecule has 0 aliphatic carbocycles.